The van der Waals surface area contributed by atoms with Crippen molar-refractivity contribution in [3.8, 4) is 0 Å². The Hall–Kier alpha value is -1.43. The first-order valence-electron chi connectivity index (χ1n) is 6.54. The van der Waals surface area contributed by atoms with Crippen molar-refractivity contribution in [2.45, 2.75) is 38.6 Å². The van der Waals surface area contributed by atoms with Gasteiger partial charge in [0.05, 0.1) is 5.01 Å². The maximum atomic E-state index is 12.5. The molecule has 1 aliphatic rings. The monoisotopic (exact) mass is 281 g/mol. The first-order chi connectivity index (χ1) is 9.05. The van der Waals surface area contributed by atoms with E-state index in [4.69, 9.17) is 0 Å². The lowest BCUT2D eigenvalue weighted by Crippen LogP contribution is -2.54. The van der Waals surface area contributed by atoms with Crippen molar-refractivity contribution in [1.82, 2.24) is 15.2 Å². The summed E-state index contributed by atoms with van der Waals surface area (Å²) in [6.45, 7) is 4.83. The lowest BCUT2D eigenvalue weighted by molar-refractivity contribution is -0.138. The largest absolute Gasteiger partial charge is 0.342 e. The molecule has 1 fully saturated rings. The standard InChI is InChI=1S/C13H19N3O2S/c1-3-13(2)12(18)16(7-4-10(17)15-13)8-5-11-14-6-9-19-11/h6,9H,3-5,7-8H2,1-2H3,(H,15,17). The molecule has 5 nitrogen and oxygen atoms in total. The van der Waals surface area contributed by atoms with Crippen LogP contribution in [0.4, 0.5) is 0 Å². The number of carbonyl (C=O) groups excluding carboxylic acids is 2. The van der Waals surface area contributed by atoms with Crippen LogP contribution in [0.25, 0.3) is 0 Å². The van der Waals surface area contributed by atoms with Gasteiger partial charge in [0.25, 0.3) is 0 Å². The molecule has 0 saturated carbocycles. The molecule has 2 heterocycles. The Morgan fingerprint density at radius 2 is 2.32 bits per heavy atom. The van der Waals surface area contributed by atoms with Gasteiger partial charge in [-0.25, -0.2) is 4.98 Å². The van der Waals surface area contributed by atoms with Gasteiger partial charge in [-0.2, -0.15) is 0 Å². The molecule has 1 aliphatic heterocycles. The van der Waals surface area contributed by atoms with Crippen LogP contribution in [-0.4, -0.2) is 40.3 Å². The Labute approximate surface area is 117 Å². The Kier molecular flexibility index (Phi) is 4.19. The van der Waals surface area contributed by atoms with E-state index >= 15 is 0 Å². The Morgan fingerprint density at radius 1 is 1.53 bits per heavy atom. The zero-order valence-corrected chi connectivity index (χ0v) is 12.1. The fraction of sp³-hybridized carbons (Fsp3) is 0.615. The summed E-state index contributed by atoms with van der Waals surface area (Å²) in [7, 11) is 0. The summed E-state index contributed by atoms with van der Waals surface area (Å²) >= 11 is 1.59. The van der Waals surface area contributed by atoms with Gasteiger partial charge in [-0.05, 0) is 13.3 Å². The molecule has 6 heteroatoms. The molecular formula is C13H19N3O2S. The predicted octanol–water partition coefficient (Wildman–Crippen LogP) is 1.20. The van der Waals surface area contributed by atoms with Crippen molar-refractivity contribution in [2.75, 3.05) is 13.1 Å². The van der Waals surface area contributed by atoms with Crippen molar-refractivity contribution in [1.29, 1.82) is 0 Å². The van der Waals surface area contributed by atoms with Gasteiger partial charge in [0.15, 0.2) is 0 Å². The van der Waals surface area contributed by atoms with Gasteiger partial charge < -0.3 is 10.2 Å². The third kappa shape index (κ3) is 3.12. The van der Waals surface area contributed by atoms with Crippen molar-refractivity contribution in [3.63, 3.8) is 0 Å². The average Bonchev–Trinajstić information content (AvgIpc) is 2.87. The third-order valence-corrected chi connectivity index (χ3v) is 4.41. The minimum Gasteiger partial charge on any atom is -0.342 e. The molecule has 1 aromatic rings. The zero-order valence-electron chi connectivity index (χ0n) is 11.3. The van der Waals surface area contributed by atoms with E-state index in [9.17, 15) is 9.59 Å². The number of nitrogens with one attached hydrogen (secondary N) is 1. The van der Waals surface area contributed by atoms with Crippen LogP contribution in [0.5, 0.6) is 0 Å². The summed E-state index contributed by atoms with van der Waals surface area (Å²) in [4.78, 5) is 30.2. The Morgan fingerprint density at radius 3 is 2.95 bits per heavy atom. The molecule has 0 radical (unpaired) electrons. The third-order valence-electron chi connectivity index (χ3n) is 3.57. The number of rotatable bonds is 4. The fourth-order valence-electron chi connectivity index (χ4n) is 2.17. The second-order valence-electron chi connectivity index (χ2n) is 4.95. The number of aromatic nitrogens is 1. The molecule has 0 bridgehead atoms. The maximum Gasteiger partial charge on any atom is 0.248 e. The molecule has 104 valence electrons. The summed E-state index contributed by atoms with van der Waals surface area (Å²) in [5.74, 6) is -0.0353. The molecule has 1 atom stereocenters. The summed E-state index contributed by atoms with van der Waals surface area (Å²) in [6.07, 6.45) is 3.49. The van der Waals surface area contributed by atoms with Crippen LogP contribution in [0.15, 0.2) is 11.6 Å². The van der Waals surface area contributed by atoms with E-state index < -0.39 is 5.54 Å². The van der Waals surface area contributed by atoms with Crippen LogP contribution < -0.4 is 5.32 Å². The molecule has 2 rings (SSSR count). The molecule has 2 amide bonds. The Bertz CT molecular complexity index is 460. The summed E-state index contributed by atoms with van der Waals surface area (Å²) in [6, 6.07) is 0. The van der Waals surface area contributed by atoms with E-state index in [1.165, 1.54) is 0 Å². The molecule has 1 saturated heterocycles. The smallest absolute Gasteiger partial charge is 0.248 e. The van der Waals surface area contributed by atoms with Crippen LogP contribution in [-0.2, 0) is 16.0 Å². The number of thiazole rings is 1. The highest BCUT2D eigenvalue weighted by atomic mass is 32.1. The highest BCUT2D eigenvalue weighted by molar-refractivity contribution is 7.09. The molecule has 0 spiro atoms. The van der Waals surface area contributed by atoms with E-state index in [0.29, 0.717) is 25.9 Å². The maximum absolute atomic E-state index is 12.5. The minimum absolute atomic E-state index is 0.0115. The van der Waals surface area contributed by atoms with E-state index in [-0.39, 0.29) is 11.8 Å². The molecule has 1 unspecified atom stereocenters. The number of hydrogen-bond donors (Lipinski definition) is 1. The van der Waals surface area contributed by atoms with Gasteiger partial charge in [0.2, 0.25) is 11.8 Å². The normalized spacial score (nSPS) is 24.2. The van der Waals surface area contributed by atoms with Gasteiger partial charge in [0, 0.05) is 37.5 Å². The molecular weight excluding hydrogens is 262 g/mol. The number of amides is 2. The van der Waals surface area contributed by atoms with Gasteiger partial charge in [-0.3, -0.25) is 9.59 Å². The van der Waals surface area contributed by atoms with E-state index in [1.807, 2.05) is 12.3 Å². The predicted molar refractivity (Wildman–Crippen MR) is 73.9 cm³/mol. The van der Waals surface area contributed by atoms with Crippen molar-refractivity contribution in [2.24, 2.45) is 0 Å². The van der Waals surface area contributed by atoms with Crippen molar-refractivity contribution >= 4 is 23.2 Å². The average molecular weight is 281 g/mol. The zero-order chi connectivity index (χ0) is 13.9. The van der Waals surface area contributed by atoms with Gasteiger partial charge in [-0.15, -0.1) is 11.3 Å². The topological polar surface area (TPSA) is 62.3 Å². The number of hydrogen-bond acceptors (Lipinski definition) is 4. The minimum atomic E-state index is -0.767. The first-order valence-corrected chi connectivity index (χ1v) is 7.42. The van der Waals surface area contributed by atoms with E-state index in [2.05, 4.69) is 10.3 Å². The molecule has 19 heavy (non-hydrogen) atoms. The van der Waals surface area contributed by atoms with E-state index in [1.54, 1.807) is 29.4 Å². The van der Waals surface area contributed by atoms with Crippen molar-refractivity contribution in [3.05, 3.63) is 16.6 Å². The molecule has 1 N–H and O–H groups in total. The van der Waals surface area contributed by atoms with Crippen LogP contribution in [0.3, 0.4) is 0 Å². The van der Waals surface area contributed by atoms with Crippen LogP contribution in [0.1, 0.15) is 31.7 Å². The summed E-state index contributed by atoms with van der Waals surface area (Å²) in [5, 5.41) is 5.79. The Balaban J connectivity index is 2.06. The van der Waals surface area contributed by atoms with Gasteiger partial charge >= 0.3 is 0 Å². The van der Waals surface area contributed by atoms with Crippen LogP contribution >= 0.6 is 11.3 Å². The number of carbonyl (C=O) groups is 2. The summed E-state index contributed by atoms with van der Waals surface area (Å²) in [5.41, 5.74) is -0.767. The highest BCUT2D eigenvalue weighted by Gasteiger charge is 2.38. The lowest BCUT2D eigenvalue weighted by atomic mass is 9.97. The quantitative estimate of drug-likeness (QED) is 0.902. The molecule has 0 aromatic carbocycles. The molecule has 1 aromatic heterocycles. The van der Waals surface area contributed by atoms with Crippen LogP contribution in [0.2, 0.25) is 0 Å². The summed E-state index contributed by atoms with van der Waals surface area (Å²) < 4.78 is 0. The van der Waals surface area contributed by atoms with Gasteiger partial charge in [-0.1, -0.05) is 6.92 Å². The van der Waals surface area contributed by atoms with Crippen LogP contribution in [0, 0.1) is 0 Å². The van der Waals surface area contributed by atoms with Crippen molar-refractivity contribution < 1.29 is 9.59 Å². The second kappa shape index (κ2) is 5.69. The number of nitrogens with zero attached hydrogens (tertiary/aromatic N) is 2. The lowest BCUT2D eigenvalue weighted by Gasteiger charge is -2.31. The molecule has 0 aliphatic carbocycles. The highest BCUT2D eigenvalue weighted by Crippen LogP contribution is 2.18. The SMILES string of the molecule is CCC1(C)NC(=O)CCN(CCc2nccs2)C1=O. The van der Waals surface area contributed by atoms with Gasteiger partial charge in [0.1, 0.15) is 5.54 Å². The second-order valence-corrected chi connectivity index (χ2v) is 5.93. The fourth-order valence-corrected chi connectivity index (χ4v) is 2.78. The van der Waals surface area contributed by atoms with E-state index in [0.717, 1.165) is 11.4 Å². The first kappa shape index (κ1) is 14.0.